The minimum atomic E-state index is -1.74. The Bertz CT molecular complexity index is 146. The molecule has 0 saturated carbocycles. The lowest BCUT2D eigenvalue weighted by atomic mass is 10.7. The van der Waals surface area contributed by atoms with Crippen LogP contribution in [0.25, 0.3) is 0 Å². The maximum atomic E-state index is 10.5. The third kappa shape index (κ3) is 4.80. The summed E-state index contributed by atoms with van der Waals surface area (Å²) in [5.41, 5.74) is -1.11. The molecule has 1 atom stereocenters. The van der Waals surface area contributed by atoms with Crippen LogP contribution in [0, 0.1) is 0 Å². The van der Waals surface area contributed by atoms with Crippen LogP contribution in [0.1, 0.15) is 0 Å². The first-order chi connectivity index (χ1) is 4.88. The maximum absolute atomic E-state index is 10.5. The monoisotopic (exact) mass is 239 g/mol. The summed E-state index contributed by atoms with van der Waals surface area (Å²) < 4.78 is 2.47. The summed E-state index contributed by atoms with van der Waals surface area (Å²) in [6.07, 6.45) is -0.753. The number of nitrogens with one attached hydrogen (secondary N) is 1. The van der Waals surface area contributed by atoms with Gasteiger partial charge in [-0.3, -0.25) is 0 Å². The molecule has 3 nitrogen and oxygen atoms in total. The third-order valence-electron chi connectivity index (χ3n) is 0.717. The van der Waals surface area contributed by atoms with E-state index in [9.17, 15) is 4.79 Å². The van der Waals surface area contributed by atoms with Gasteiger partial charge in [-0.15, -0.1) is 0 Å². The topological polar surface area (TPSA) is 38.3 Å². The molecular weight excluding hydrogens is 236 g/mol. The Morgan fingerprint density at radius 2 is 2.00 bits per heavy atom. The summed E-state index contributed by atoms with van der Waals surface area (Å²) in [5, 5.41) is 2.08. The molecule has 0 heterocycles. The minimum Gasteiger partial charge on any atom is -0.453 e. The summed E-state index contributed by atoms with van der Waals surface area (Å²) in [5.74, 6) is 0. The highest BCUT2D eigenvalue weighted by Crippen LogP contribution is 2.32. The van der Waals surface area contributed by atoms with Gasteiger partial charge in [0.25, 0.3) is 0 Å². The number of carbonyl (C=O) groups excluding carboxylic acids is 1. The molecule has 0 aromatic rings. The van der Waals surface area contributed by atoms with E-state index in [1.165, 1.54) is 7.11 Å². The maximum Gasteiger partial charge on any atom is 0.408 e. The second-order valence-electron chi connectivity index (χ2n) is 1.54. The standard InChI is InChI=1S/C4H5Cl4NO2/c1-11-3(10)9-2(5)4(6,7)8/h2H,1H3,(H,9,10)/t2-/m0/s1. The molecule has 0 aliphatic heterocycles. The van der Waals surface area contributed by atoms with E-state index >= 15 is 0 Å². The number of amides is 1. The van der Waals surface area contributed by atoms with Gasteiger partial charge in [0.15, 0.2) is 5.50 Å². The van der Waals surface area contributed by atoms with E-state index in [2.05, 4.69) is 10.1 Å². The molecule has 0 aliphatic carbocycles. The summed E-state index contributed by atoms with van der Waals surface area (Å²) in [6, 6.07) is 0. The summed E-state index contributed by atoms with van der Waals surface area (Å²) >= 11 is 21.4. The average Bonchev–Trinajstić information content (AvgIpc) is 1.85. The first-order valence-electron chi connectivity index (χ1n) is 2.43. The summed E-state index contributed by atoms with van der Waals surface area (Å²) in [4.78, 5) is 10.5. The van der Waals surface area contributed by atoms with Crippen molar-refractivity contribution in [2.45, 2.75) is 9.29 Å². The van der Waals surface area contributed by atoms with Gasteiger partial charge in [-0.2, -0.15) is 0 Å². The van der Waals surface area contributed by atoms with Crippen molar-refractivity contribution in [3.63, 3.8) is 0 Å². The predicted octanol–water partition coefficient (Wildman–Crippen LogP) is 2.28. The molecule has 0 aromatic heterocycles. The Morgan fingerprint density at radius 3 is 2.27 bits per heavy atom. The number of halogens is 4. The average molecular weight is 241 g/mol. The van der Waals surface area contributed by atoms with Gasteiger partial charge in [-0.1, -0.05) is 46.4 Å². The highest BCUT2D eigenvalue weighted by Gasteiger charge is 2.32. The number of rotatable bonds is 1. The zero-order chi connectivity index (χ0) is 9.07. The second kappa shape index (κ2) is 4.45. The van der Waals surface area contributed by atoms with Crippen molar-refractivity contribution in [1.82, 2.24) is 5.32 Å². The smallest absolute Gasteiger partial charge is 0.408 e. The number of hydrogen-bond donors (Lipinski definition) is 1. The number of hydrogen-bond acceptors (Lipinski definition) is 2. The van der Waals surface area contributed by atoms with Crippen LogP contribution >= 0.6 is 46.4 Å². The van der Waals surface area contributed by atoms with Crippen LogP contribution < -0.4 is 5.32 Å². The number of methoxy groups -OCH3 is 1. The van der Waals surface area contributed by atoms with Gasteiger partial charge in [0, 0.05) is 0 Å². The summed E-state index contributed by atoms with van der Waals surface area (Å²) in [6.45, 7) is 0. The quantitative estimate of drug-likeness (QED) is 0.564. The van der Waals surface area contributed by atoms with E-state index in [1.807, 2.05) is 0 Å². The van der Waals surface area contributed by atoms with Crippen molar-refractivity contribution >= 4 is 52.5 Å². The van der Waals surface area contributed by atoms with Gasteiger partial charge in [-0.05, 0) is 0 Å². The van der Waals surface area contributed by atoms with Crippen molar-refractivity contribution < 1.29 is 9.53 Å². The molecule has 0 saturated heterocycles. The molecule has 0 bridgehead atoms. The molecule has 0 fully saturated rings. The first-order valence-corrected chi connectivity index (χ1v) is 4.00. The zero-order valence-electron chi connectivity index (χ0n) is 5.41. The molecule has 1 amide bonds. The third-order valence-corrected chi connectivity index (χ3v) is 2.14. The van der Waals surface area contributed by atoms with Crippen LogP contribution in [0.2, 0.25) is 0 Å². The van der Waals surface area contributed by atoms with Crippen molar-refractivity contribution in [3.8, 4) is 0 Å². The van der Waals surface area contributed by atoms with E-state index in [-0.39, 0.29) is 0 Å². The fourth-order valence-corrected chi connectivity index (χ4v) is 0.497. The molecule has 0 radical (unpaired) electrons. The van der Waals surface area contributed by atoms with E-state index in [0.29, 0.717) is 0 Å². The predicted molar refractivity (Wildman–Crippen MR) is 45.5 cm³/mol. The Kier molecular flexibility index (Phi) is 4.63. The molecule has 11 heavy (non-hydrogen) atoms. The first kappa shape index (κ1) is 11.4. The molecule has 7 heteroatoms. The van der Waals surface area contributed by atoms with E-state index < -0.39 is 15.4 Å². The molecule has 0 unspecified atom stereocenters. The van der Waals surface area contributed by atoms with Crippen molar-refractivity contribution in [2.24, 2.45) is 0 Å². The van der Waals surface area contributed by atoms with E-state index in [4.69, 9.17) is 46.4 Å². The number of alkyl halides is 4. The molecular formula is C4H5Cl4NO2. The van der Waals surface area contributed by atoms with Gasteiger partial charge >= 0.3 is 6.09 Å². The van der Waals surface area contributed by atoms with Gasteiger partial charge in [0.2, 0.25) is 3.79 Å². The van der Waals surface area contributed by atoms with Crippen molar-refractivity contribution in [1.29, 1.82) is 0 Å². The Hall–Kier alpha value is 0.430. The van der Waals surface area contributed by atoms with Gasteiger partial charge in [-0.25, -0.2) is 4.79 Å². The number of ether oxygens (including phenoxy) is 1. The van der Waals surface area contributed by atoms with Gasteiger partial charge in [0.05, 0.1) is 7.11 Å². The number of alkyl carbamates (subject to hydrolysis) is 1. The molecule has 1 N–H and O–H groups in total. The Morgan fingerprint density at radius 1 is 1.55 bits per heavy atom. The highest BCUT2D eigenvalue weighted by molar-refractivity contribution is 6.70. The van der Waals surface area contributed by atoms with Crippen molar-refractivity contribution in [2.75, 3.05) is 7.11 Å². The normalized spacial score (nSPS) is 13.9. The fraction of sp³-hybridized carbons (Fsp3) is 0.750. The molecule has 0 aliphatic rings. The van der Waals surface area contributed by atoms with Crippen LogP contribution in [0.15, 0.2) is 0 Å². The lowest BCUT2D eigenvalue weighted by molar-refractivity contribution is 0.170. The second-order valence-corrected chi connectivity index (χ2v) is 4.35. The van der Waals surface area contributed by atoms with Crippen LogP contribution in [0.4, 0.5) is 4.79 Å². The van der Waals surface area contributed by atoms with Crippen LogP contribution in [-0.4, -0.2) is 22.5 Å². The molecule has 0 rings (SSSR count). The minimum absolute atomic E-state index is 0.753. The van der Waals surface area contributed by atoms with Crippen molar-refractivity contribution in [3.05, 3.63) is 0 Å². The molecule has 0 aromatic carbocycles. The van der Waals surface area contributed by atoms with Gasteiger partial charge < -0.3 is 10.1 Å². The SMILES string of the molecule is COC(=O)N[C@H](Cl)C(Cl)(Cl)Cl. The largest absolute Gasteiger partial charge is 0.453 e. The molecule has 66 valence electrons. The van der Waals surface area contributed by atoms with E-state index in [0.717, 1.165) is 0 Å². The van der Waals surface area contributed by atoms with Crippen LogP contribution in [-0.2, 0) is 4.74 Å². The van der Waals surface area contributed by atoms with E-state index in [1.54, 1.807) is 0 Å². The lowest BCUT2D eigenvalue weighted by Crippen LogP contribution is -2.39. The highest BCUT2D eigenvalue weighted by atomic mass is 35.6. The Labute approximate surface area is 83.9 Å². The fourth-order valence-electron chi connectivity index (χ4n) is 0.244. The van der Waals surface area contributed by atoms with Crippen LogP contribution in [0.5, 0.6) is 0 Å². The summed E-state index contributed by atoms with van der Waals surface area (Å²) in [7, 11) is 1.18. The Balaban J connectivity index is 3.87. The lowest BCUT2D eigenvalue weighted by Gasteiger charge is -2.17. The number of carbonyl (C=O) groups is 1. The van der Waals surface area contributed by atoms with Gasteiger partial charge in [0.1, 0.15) is 0 Å². The molecule has 0 spiro atoms. The zero-order valence-corrected chi connectivity index (χ0v) is 8.43. The van der Waals surface area contributed by atoms with Crippen LogP contribution in [0.3, 0.4) is 0 Å².